The van der Waals surface area contributed by atoms with E-state index < -0.39 is 0 Å². The first-order chi connectivity index (χ1) is 9.09. The number of anilines is 2. The maximum absolute atomic E-state index is 5.80. The Morgan fingerprint density at radius 3 is 3.11 bits per heavy atom. The minimum Gasteiger partial charge on any atom is -0.423 e. The van der Waals surface area contributed by atoms with Crippen LogP contribution in [0.5, 0.6) is 0 Å². The third-order valence-electron chi connectivity index (χ3n) is 3.82. The highest BCUT2D eigenvalue weighted by Crippen LogP contribution is 2.30. The summed E-state index contributed by atoms with van der Waals surface area (Å²) in [5.74, 6) is 0. The molecule has 19 heavy (non-hydrogen) atoms. The Bertz CT molecular complexity index is 595. The Balaban J connectivity index is 1.91. The van der Waals surface area contributed by atoms with Crippen LogP contribution in [0, 0.1) is 0 Å². The van der Waals surface area contributed by atoms with Crippen LogP contribution >= 0.6 is 0 Å². The number of methoxy groups -OCH3 is 1. The van der Waals surface area contributed by atoms with Crippen molar-refractivity contribution in [1.82, 2.24) is 4.98 Å². The largest absolute Gasteiger partial charge is 0.423 e. The van der Waals surface area contributed by atoms with Crippen LogP contribution in [0.4, 0.5) is 11.7 Å². The Kier molecular flexibility index (Phi) is 2.86. The molecule has 2 heterocycles. The maximum Gasteiger partial charge on any atom is 0.298 e. The van der Waals surface area contributed by atoms with E-state index in [-0.39, 0.29) is 5.60 Å². The fourth-order valence-corrected chi connectivity index (χ4v) is 2.60. The van der Waals surface area contributed by atoms with Gasteiger partial charge in [-0.05, 0) is 38.0 Å². The highest BCUT2D eigenvalue weighted by atomic mass is 16.5. The standard InChI is InChI=1S/C14H19N3O2/c1-14(18-2)6-3-7-17(9-14)13-16-11-8-10(15)4-5-12(11)19-13/h4-5,8H,3,6-7,9,15H2,1-2H3. The van der Waals surface area contributed by atoms with E-state index in [4.69, 9.17) is 14.9 Å². The molecule has 0 aliphatic carbocycles. The maximum atomic E-state index is 5.80. The molecule has 0 saturated carbocycles. The molecule has 1 saturated heterocycles. The van der Waals surface area contributed by atoms with Gasteiger partial charge in [0.15, 0.2) is 5.58 Å². The Hall–Kier alpha value is -1.75. The summed E-state index contributed by atoms with van der Waals surface area (Å²) in [5, 5.41) is 0. The fraction of sp³-hybridized carbons (Fsp3) is 0.500. The molecular weight excluding hydrogens is 242 g/mol. The van der Waals surface area contributed by atoms with Crippen molar-refractivity contribution in [2.75, 3.05) is 30.8 Å². The number of nitrogens with zero attached hydrogens (tertiary/aromatic N) is 2. The van der Waals surface area contributed by atoms with Gasteiger partial charge in [-0.2, -0.15) is 4.98 Å². The van der Waals surface area contributed by atoms with E-state index >= 15 is 0 Å². The highest BCUT2D eigenvalue weighted by molar-refractivity contribution is 5.78. The van der Waals surface area contributed by atoms with E-state index in [1.807, 2.05) is 18.2 Å². The second-order valence-electron chi connectivity index (χ2n) is 5.40. The lowest BCUT2D eigenvalue weighted by Gasteiger charge is -2.38. The van der Waals surface area contributed by atoms with E-state index in [1.165, 1.54) is 0 Å². The van der Waals surface area contributed by atoms with Gasteiger partial charge in [-0.25, -0.2) is 0 Å². The van der Waals surface area contributed by atoms with Crippen molar-refractivity contribution < 1.29 is 9.15 Å². The van der Waals surface area contributed by atoms with E-state index in [0.717, 1.165) is 37.0 Å². The summed E-state index contributed by atoms with van der Waals surface area (Å²) in [6.07, 6.45) is 2.14. The van der Waals surface area contributed by atoms with Crippen LogP contribution in [0.3, 0.4) is 0 Å². The molecule has 1 aromatic carbocycles. The smallest absolute Gasteiger partial charge is 0.298 e. The molecule has 1 unspecified atom stereocenters. The summed E-state index contributed by atoms with van der Waals surface area (Å²) < 4.78 is 11.4. The molecule has 2 aromatic rings. The second kappa shape index (κ2) is 4.42. The average molecular weight is 261 g/mol. The van der Waals surface area contributed by atoms with Crippen LogP contribution in [0.1, 0.15) is 19.8 Å². The normalized spacial score (nSPS) is 24.0. The molecule has 0 amide bonds. The summed E-state index contributed by atoms with van der Waals surface area (Å²) in [6, 6.07) is 6.18. The van der Waals surface area contributed by atoms with Gasteiger partial charge in [0.2, 0.25) is 0 Å². The van der Waals surface area contributed by atoms with Crippen molar-refractivity contribution in [3.05, 3.63) is 18.2 Å². The van der Waals surface area contributed by atoms with Crippen LogP contribution in [0.2, 0.25) is 0 Å². The van der Waals surface area contributed by atoms with Crippen LogP contribution in [-0.2, 0) is 4.74 Å². The first-order valence-corrected chi connectivity index (χ1v) is 6.56. The minimum atomic E-state index is -0.127. The number of fused-ring (bicyclic) bond motifs is 1. The summed E-state index contributed by atoms with van der Waals surface area (Å²) in [7, 11) is 1.76. The number of rotatable bonds is 2. The monoisotopic (exact) mass is 261 g/mol. The zero-order chi connectivity index (χ0) is 13.5. The predicted octanol–water partition coefficient (Wildman–Crippen LogP) is 2.42. The van der Waals surface area contributed by atoms with Gasteiger partial charge < -0.3 is 19.8 Å². The van der Waals surface area contributed by atoms with Crippen molar-refractivity contribution in [3.63, 3.8) is 0 Å². The molecule has 1 aliphatic heterocycles. The number of oxazole rings is 1. The van der Waals surface area contributed by atoms with Crippen molar-refractivity contribution in [2.45, 2.75) is 25.4 Å². The van der Waals surface area contributed by atoms with Crippen molar-refractivity contribution in [2.24, 2.45) is 0 Å². The summed E-state index contributed by atoms with van der Waals surface area (Å²) in [4.78, 5) is 6.66. The Labute approximate surface area is 112 Å². The quantitative estimate of drug-likeness (QED) is 0.841. The van der Waals surface area contributed by atoms with Crippen LogP contribution in [0.15, 0.2) is 22.6 Å². The predicted molar refractivity (Wildman–Crippen MR) is 75.3 cm³/mol. The van der Waals surface area contributed by atoms with Crippen molar-refractivity contribution in [1.29, 1.82) is 0 Å². The average Bonchev–Trinajstić information content (AvgIpc) is 2.82. The number of nitrogen functional groups attached to an aromatic ring is 1. The molecular formula is C14H19N3O2. The first kappa shape index (κ1) is 12.3. The first-order valence-electron chi connectivity index (χ1n) is 6.56. The van der Waals surface area contributed by atoms with Crippen LogP contribution in [0.25, 0.3) is 11.1 Å². The number of hydrogen-bond acceptors (Lipinski definition) is 5. The minimum absolute atomic E-state index is 0.127. The number of piperidine rings is 1. The second-order valence-corrected chi connectivity index (χ2v) is 5.40. The third kappa shape index (κ3) is 2.26. The summed E-state index contributed by atoms with van der Waals surface area (Å²) >= 11 is 0. The molecule has 0 spiro atoms. The molecule has 0 radical (unpaired) electrons. The van der Waals surface area contributed by atoms with Gasteiger partial charge in [0, 0.05) is 19.3 Å². The zero-order valence-corrected chi connectivity index (χ0v) is 11.3. The Morgan fingerprint density at radius 2 is 2.32 bits per heavy atom. The number of nitrogens with two attached hydrogens (primary N) is 1. The summed E-state index contributed by atoms with van der Waals surface area (Å²) in [5.41, 5.74) is 7.91. The fourth-order valence-electron chi connectivity index (χ4n) is 2.60. The molecule has 2 N–H and O–H groups in total. The third-order valence-corrected chi connectivity index (χ3v) is 3.82. The zero-order valence-electron chi connectivity index (χ0n) is 11.3. The summed E-state index contributed by atoms with van der Waals surface area (Å²) in [6.45, 7) is 3.87. The van der Waals surface area contributed by atoms with Crippen molar-refractivity contribution >= 4 is 22.8 Å². The van der Waals surface area contributed by atoms with E-state index in [0.29, 0.717) is 11.7 Å². The van der Waals surface area contributed by atoms with Crippen molar-refractivity contribution in [3.8, 4) is 0 Å². The topological polar surface area (TPSA) is 64.5 Å². The van der Waals surface area contributed by atoms with Gasteiger partial charge in [0.05, 0.1) is 12.1 Å². The lowest BCUT2D eigenvalue weighted by atomic mass is 9.95. The van der Waals surface area contributed by atoms with Gasteiger partial charge in [0.1, 0.15) is 5.52 Å². The number of benzene rings is 1. The Morgan fingerprint density at radius 1 is 1.47 bits per heavy atom. The van der Waals surface area contributed by atoms with Crippen LogP contribution in [-0.4, -0.2) is 30.8 Å². The van der Waals surface area contributed by atoms with E-state index in [2.05, 4.69) is 16.8 Å². The van der Waals surface area contributed by atoms with Gasteiger partial charge in [-0.3, -0.25) is 0 Å². The molecule has 0 bridgehead atoms. The SMILES string of the molecule is COC1(C)CCCN(c2nc3cc(N)ccc3o2)C1. The highest BCUT2D eigenvalue weighted by Gasteiger charge is 2.32. The lowest BCUT2D eigenvalue weighted by molar-refractivity contribution is -0.00559. The number of ether oxygens (including phenoxy) is 1. The molecule has 1 fully saturated rings. The molecule has 1 aliphatic rings. The molecule has 102 valence electrons. The van der Waals surface area contributed by atoms with E-state index in [9.17, 15) is 0 Å². The van der Waals surface area contributed by atoms with Gasteiger partial charge in [0.25, 0.3) is 6.01 Å². The molecule has 1 atom stereocenters. The molecule has 5 nitrogen and oxygen atoms in total. The molecule has 5 heteroatoms. The number of hydrogen-bond donors (Lipinski definition) is 1. The molecule has 3 rings (SSSR count). The lowest BCUT2D eigenvalue weighted by Crippen LogP contribution is -2.47. The van der Waals surface area contributed by atoms with Gasteiger partial charge in [-0.1, -0.05) is 0 Å². The van der Waals surface area contributed by atoms with Gasteiger partial charge >= 0.3 is 0 Å². The molecule has 1 aromatic heterocycles. The van der Waals surface area contributed by atoms with E-state index in [1.54, 1.807) is 7.11 Å². The number of aromatic nitrogens is 1. The van der Waals surface area contributed by atoms with Gasteiger partial charge in [-0.15, -0.1) is 0 Å². The van der Waals surface area contributed by atoms with Crippen LogP contribution < -0.4 is 10.6 Å².